The summed E-state index contributed by atoms with van der Waals surface area (Å²) in [5, 5.41) is 3.34. The zero-order chi connectivity index (χ0) is 16.2. The average Bonchev–Trinajstić information content (AvgIpc) is 2.62. The minimum atomic E-state index is 0.0863. The van der Waals surface area contributed by atoms with Crippen LogP contribution in [0.15, 0.2) is 18.3 Å². The van der Waals surface area contributed by atoms with Crippen LogP contribution in [0.25, 0.3) is 0 Å². The molecule has 23 heavy (non-hydrogen) atoms. The van der Waals surface area contributed by atoms with Gasteiger partial charge in [0.15, 0.2) is 0 Å². The fourth-order valence-electron chi connectivity index (χ4n) is 3.50. The van der Waals surface area contributed by atoms with Crippen molar-refractivity contribution in [3.63, 3.8) is 0 Å². The molecular weight excluding hydrogens is 288 g/mol. The number of aromatic nitrogens is 1. The second-order valence-corrected chi connectivity index (χ2v) is 6.97. The van der Waals surface area contributed by atoms with Crippen molar-refractivity contribution < 1.29 is 4.79 Å². The van der Waals surface area contributed by atoms with Crippen molar-refractivity contribution in [2.24, 2.45) is 5.92 Å². The highest BCUT2D eigenvalue weighted by molar-refractivity contribution is 5.94. The quantitative estimate of drug-likeness (QED) is 0.928. The average molecular weight is 316 g/mol. The molecule has 0 radical (unpaired) electrons. The van der Waals surface area contributed by atoms with E-state index in [1.807, 2.05) is 24.1 Å². The van der Waals surface area contributed by atoms with Crippen LogP contribution in [-0.2, 0) is 0 Å². The maximum absolute atomic E-state index is 12.6. The molecule has 2 fully saturated rings. The van der Waals surface area contributed by atoms with E-state index in [2.05, 4.69) is 22.1 Å². The first-order valence-corrected chi connectivity index (χ1v) is 8.84. The summed E-state index contributed by atoms with van der Waals surface area (Å²) in [4.78, 5) is 21.4. The van der Waals surface area contributed by atoms with Crippen molar-refractivity contribution in [3.05, 3.63) is 23.9 Å². The summed E-state index contributed by atoms with van der Waals surface area (Å²) >= 11 is 0. The fraction of sp³-hybridized carbons (Fsp3) is 0.667. The lowest BCUT2D eigenvalue weighted by Crippen LogP contribution is -2.44. The number of amides is 1. The van der Waals surface area contributed by atoms with E-state index in [4.69, 9.17) is 0 Å². The predicted octanol–water partition coefficient (Wildman–Crippen LogP) is 2.14. The lowest BCUT2D eigenvalue weighted by Gasteiger charge is -2.32. The number of carbonyl (C=O) groups excluding carboxylic acids is 1. The van der Waals surface area contributed by atoms with Gasteiger partial charge in [0, 0.05) is 32.4 Å². The van der Waals surface area contributed by atoms with E-state index in [0.29, 0.717) is 11.6 Å². The van der Waals surface area contributed by atoms with Crippen LogP contribution in [0.4, 0.5) is 5.82 Å². The highest BCUT2D eigenvalue weighted by Gasteiger charge is 2.23. The highest BCUT2D eigenvalue weighted by atomic mass is 16.2. The Morgan fingerprint density at radius 1 is 1.22 bits per heavy atom. The molecule has 3 rings (SSSR count). The molecular formula is C18H28N4O. The normalized spacial score (nSPS) is 20.5. The topological polar surface area (TPSA) is 48.5 Å². The van der Waals surface area contributed by atoms with Crippen molar-refractivity contribution in [3.8, 4) is 0 Å². The van der Waals surface area contributed by atoms with Gasteiger partial charge < -0.3 is 15.1 Å². The Morgan fingerprint density at radius 2 is 1.91 bits per heavy atom. The molecule has 2 aliphatic rings. The van der Waals surface area contributed by atoms with Crippen LogP contribution >= 0.6 is 0 Å². The number of carbonyl (C=O) groups is 1. The summed E-state index contributed by atoms with van der Waals surface area (Å²) in [6.07, 6.45) is 6.24. The van der Waals surface area contributed by atoms with Gasteiger partial charge in [-0.2, -0.15) is 0 Å². The molecule has 0 unspecified atom stereocenters. The molecule has 2 saturated heterocycles. The predicted molar refractivity (Wildman–Crippen MR) is 92.8 cm³/mol. The van der Waals surface area contributed by atoms with Crippen molar-refractivity contribution in [2.45, 2.75) is 38.6 Å². The lowest BCUT2D eigenvalue weighted by molar-refractivity contribution is 0.0703. The highest BCUT2D eigenvalue weighted by Crippen LogP contribution is 2.22. The van der Waals surface area contributed by atoms with Crippen LogP contribution in [0, 0.1) is 5.92 Å². The van der Waals surface area contributed by atoms with Gasteiger partial charge in [0.05, 0.1) is 5.56 Å². The van der Waals surface area contributed by atoms with Crippen LogP contribution in [0.1, 0.15) is 43.0 Å². The SMILES string of the molecule is CC1CCN(c2ccc(C(=O)N(C)C3CCNCC3)cn2)CC1. The Morgan fingerprint density at radius 3 is 2.52 bits per heavy atom. The summed E-state index contributed by atoms with van der Waals surface area (Å²) < 4.78 is 0. The summed E-state index contributed by atoms with van der Waals surface area (Å²) in [6, 6.07) is 4.27. The van der Waals surface area contributed by atoms with E-state index < -0.39 is 0 Å². The van der Waals surface area contributed by atoms with Gasteiger partial charge in [-0.1, -0.05) is 6.92 Å². The maximum Gasteiger partial charge on any atom is 0.255 e. The van der Waals surface area contributed by atoms with Gasteiger partial charge in [0.1, 0.15) is 5.82 Å². The second-order valence-electron chi connectivity index (χ2n) is 6.97. The third kappa shape index (κ3) is 3.83. The minimum Gasteiger partial charge on any atom is -0.357 e. The Bertz CT molecular complexity index is 516. The number of piperidine rings is 2. The fourth-order valence-corrected chi connectivity index (χ4v) is 3.50. The van der Waals surface area contributed by atoms with E-state index in [-0.39, 0.29) is 5.91 Å². The standard InChI is InChI=1S/C18H28N4O/c1-14-7-11-22(12-8-14)17-4-3-15(13-20-17)18(23)21(2)16-5-9-19-10-6-16/h3-4,13-14,16,19H,5-12H2,1-2H3. The second kappa shape index (κ2) is 7.30. The molecule has 1 N–H and O–H groups in total. The van der Waals surface area contributed by atoms with Gasteiger partial charge in [-0.15, -0.1) is 0 Å². The van der Waals surface area contributed by atoms with Crippen LogP contribution in [-0.4, -0.2) is 55.1 Å². The zero-order valence-corrected chi connectivity index (χ0v) is 14.3. The Kier molecular flexibility index (Phi) is 5.16. The monoisotopic (exact) mass is 316 g/mol. The molecule has 1 aromatic rings. The molecule has 2 aliphatic heterocycles. The van der Waals surface area contributed by atoms with Crippen molar-refractivity contribution in [1.82, 2.24) is 15.2 Å². The minimum absolute atomic E-state index is 0.0863. The molecule has 5 nitrogen and oxygen atoms in total. The molecule has 5 heteroatoms. The van der Waals surface area contributed by atoms with Gasteiger partial charge >= 0.3 is 0 Å². The van der Waals surface area contributed by atoms with Gasteiger partial charge in [0.2, 0.25) is 0 Å². The van der Waals surface area contributed by atoms with Crippen molar-refractivity contribution >= 4 is 11.7 Å². The number of rotatable bonds is 3. The number of pyridine rings is 1. The summed E-state index contributed by atoms with van der Waals surface area (Å²) in [6.45, 7) is 6.43. The third-order valence-corrected chi connectivity index (χ3v) is 5.28. The van der Waals surface area contributed by atoms with Crippen molar-refractivity contribution in [2.75, 3.05) is 38.1 Å². The number of nitrogens with zero attached hydrogens (tertiary/aromatic N) is 3. The molecule has 0 bridgehead atoms. The molecule has 0 spiro atoms. The number of nitrogens with one attached hydrogen (secondary N) is 1. The molecule has 0 aromatic carbocycles. The Labute approximate surface area is 139 Å². The molecule has 3 heterocycles. The van der Waals surface area contributed by atoms with E-state index in [1.54, 1.807) is 6.20 Å². The Balaban J connectivity index is 1.63. The van der Waals surface area contributed by atoms with E-state index >= 15 is 0 Å². The van der Waals surface area contributed by atoms with Crippen LogP contribution in [0.5, 0.6) is 0 Å². The van der Waals surface area contributed by atoms with E-state index in [0.717, 1.165) is 50.8 Å². The first-order valence-electron chi connectivity index (χ1n) is 8.84. The molecule has 1 aromatic heterocycles. The third-order valence-electron chi connectivity index (χ3n) is 5.28. The molecule has 0 atom stereocenters. The van der Waals surface area contributed by atoms with Gasteiger partial charge in [0.25, 0.3) is 5.91 Å². The number of hydrogen-bond donors (Lipinski definition) is 1. The van der Waals surface area contributed by atoms with Crippen LogP contribution < -0.4 is 10.2 Å². The molecule has 1 amide bonds. The van der Waals surface area contributed by atoms with Crippen molar-refractivity contribution in [1.29, 1.82) is 0 Å². The van der Waals surface area contributed by atoms with Gasteiger partial charge in [-0.25, -0.2) is 4.98 Å². The summed E-state index contributed by atoms with van der Waals surface area (Å²) in [7, 11) is 1.91. The maximum atomic E-state index is 12.6. The molecule has 0 aliphatic carbocycles. The number of hydrogen-bond acceptors (Lipinski definition) is 4. The van der Waals surface area contributed by atoms with E-state index in [1.165, 1.54) is 12.8 Å². The number of anilines is 1. The van der Waals surface area contributed by atoms with Crippen LogP contribution in [0.2, 0.25) is 0 Å². The van der Waals surface area contributed by atoms with Gasteiger partial charge in [-0.05, 0) is 56.8 Å². The zero-order valence-electron chi connectivity index (χ0n) is 14.3. The lowest BCUT2D eigenvalue weighted by atomic mass is 9.99. The first kappa shape index (κ1) is 16.2. The largest absolute Gasteiger partial charge is 0.357 e. The molecule has 0 saturated carbocycles. The smallest absolute Gasteiger partial charge is 0.255 e. The molecule has 126 valence electrons. The summed E-state index contributed by atoms with van der Waals surface area (Å²) in [5.41, 5.74) is 0.695. The van der Waals surface area contributed by atoms with Crippen LogP contribution in [0.3, 0.4) is 0 Å². The van der Waals surface area contributed by atoms with Gasteiger partial charge in [-0.3, -0.25) is 4.79 Å². The Hall–Kier alpha value is -1.62. The summed E-state index contributed by atoms with van der Waals surface area (Å²) in [5.74, 6) is 1.90. The van der Waals surface area contributed by atoms with E-state index in [9.17, 15) is 4.79 Å². The first-order chi connectivity index (χ1) is 11.1.